The zero-order valence-corrected chi connectivity index (χ0v) is 10.2. The number of aliphatic hydroxyl groups is 1. The standard InChI is InChI=1S/C12H17ClN2O/c1-15-5-4-12(16,8-14)11-6-10(13)3-2-9(11)7-15/h2-3,6,16H,4-5,7-8,14H2,1H3/t12-/m1/s1. The van der Waals surface area contributed by atoms with Gasteiger partial charge in [-0.25, -0.2) is 0 Å². The maximum atomic E-state index is 10.5. The molecule has 1 atom stereocenters. The molecular weight excluding hydrogens is 224 g/mol. The first-order chi connectivity index (χ1) is 7.55. The molecule has 0 bridgehead atoms. The number of benzene rings is 1. The summed E-state index contributed by atoms with van der Waals surface area (Å²) in [4.78, 5) is 2.18. The second-order valence-electron chi connectivity index (χ2n) is 4.52. The summed E-state index contributed by atoms with van der Waals surface area (Å²) in [7, 11) is 2.04. The van der Waals surface area contributed by atoms with Gasteiger partial charge in [0.15, 0.2) is 0 Å². The summed E-state index contributed by atoms with van der Waals surface area (Å²) < 4.78 is 0. The van der Waals surface area contributed by atoms with Gasteiger partial charge in [-0.2, -0.15) is 0 Å². The molecule has 4 heteroatoms. The number of halogens is 1. The minimum atomic E-state index is -0.939. The van der Waals surface area contributed by atoms with Crippen LogP contribution in [0.2, 0.25) is 5.02 Å². The molecule has 1 aromatic rings. The van der Waals surface area contributed by atoms with Crippen LogP contribution in [0.15, 0.2) is 18.2 Å². The van der Waals surface area contributed by atoms with E-state index in [1.807, 2.05) is 25.2 Å². The van der Waals surface area contributed by atoms with E-state index >= 15 is 0 Å². The van der Waals surface area contributed by atoms with Crippen molar-refractivity contribution >= 4 is 11.6 Å². The van der Waals surface area contributed by atoms with Crippen LogP contribution in [-0.4, -0.2) is 30.1 Å². The Hall–Kier alpha value is -0.610. The second-order valence-corrected chi connectivity index (χ2v) is 4.96. The van der Waals surface area contributed by atoms with Crippen molar-refractivity contribution < 1.29 is 5.11 Å². The van der Waals surface area contributed by atoms with Crippen LogP contribution < -0.4 is 5.73 Å². The third kappa shape index (κ3) is 2.09. The van der Waals surface area contributed by atoms with Gasteiger partial charge in [-0.15, -0.1) is 0 Å². The molecule has 0 saturated heterocycles. The molecule has 1 aromatic carbocycles. The molecule has 1 aliphatic heterocycles. The molecule has 0 aliphatic carbocycles. The minimum absolute atomic E-state index is 0.230. The van der Waals surface area contributed by atoms with Gasteiger partial charge in [0.2, 0.25) is 0 Å². The lowest BCUT2D eigenvalue weighted by Gasteiger charge is -2.27. The molecule has 0 radical (unpaired) electrons. The van der Waals surface area contributed by atoms with Crippen LogP contribution in [0.25, 0.3) is 0 Å². The van der Waals surface area contributed by atoms with Crippen LogP contribution in [0.1, 0.15) is 17.5 Å². The van der Waals surface area contributed by atoms with Gasteiger partial charge in [-0.1, -0.05) is 17.7 Å². The minimum Gasteiger partial charge on any atom is -0.384 e. The predicted molar refractivity (Wildman–Crippen MR) is 65.4 cm³/mol. The molecule has 0 aromatic heterocycles. The zero-order valence-electron chi connectivity index (χ0n) is 9.41. The largest absolute Gasteiger partial charge is 0.384 e. The van der Waals surface area contributed by atoms with Gasteiger partial charge in [-0.3, -0.25) is 0 Å². The first-order valence-corrected chi connectivity index (χ1v) is 5.83. The third-order valence-corrected chi connectivity index (χ3v) is 3.49. The summed E-state index contributed by atoms with van der Waals surface area (Å²) in [6, 6.07) is 5.67. The molecule has 0 saturated carbocycles. The lowest BCUT2D eigenvalue weighted by molar-refractivity contribution is 0.0333. The Morgan fingerprint density at radius 1 is 1.56 bits per heavy atom. The molecule has 2 rings (SSSR count). The lowest BCUT2D eigenvalue weighted by Crippen LogP contribution is -2.36. The number of hydrogen-bond donors (Lipinski definition) is 2. The van der Waals surface area contributed by atoms with Crippen LogP contribution in [0.3, 0.4) is 0 Å². The van der Waals surface area contributed by atoms with Crippen molar-refractivity contribution in [2.45, 2.75) is 18.6 Å². The average Bonchev–Trinajstić information content (AvgIpc) is 2.39. The van der Waals surface area contributed by atoms with Crippen molar-refractivity contribution in [3.8, 4) is 0 Å². The van der Waals surface area contributed by atoms with Crippen molar-refractivity contribution in [3.63, 3.8) is 0 Å². The van der Waals surface area contributed by atoms with Crippen molar-refractivity contribution in [1.29, 1.82) is 0 Å². The normalized spacial score (nSPS) is 26.2. The molecule has 16 heavy (non-hydrogen) atoms. The highest BCUT2D eigenvalue weighted by molar-refractivity contribution is 6.30. The Labute approximate surface area is 101 Å². The summed E-state index contributed by atoms with van der Waals surface area (Å²) >= 11 is 5.99. The van der Waals surface area contributed by atoms with Crippen LogP contribution >= 0.6 is 11.6 Å². The first kappa shape index (κ1) is 11.9. The van der Waals surface area contributed by atoms with Crippen LogP contribution in [0.4, 0.5) is 0 Å². The fourth-order valence-electron chi connectivity index (χ4n) is 2.21. The fourth-order valence-corrected chi connectivity index (χ4v) is 2.38. The summed E-state index contributed by atoms with van der Waals surface area (Å²) in [5.41, 5.74) is 6.76. The van der Waals surface area contributed by atoms with Gasteiger partial charge in [0.05, 0.1) is 0 Å². The number of rotatable bonds is 1. The highest BCUT2D eigenvalue weighted by atomic mass is 35.5. The maximum Gasteiger partial charge on any atom is 0.103 e. The molecule has 0 spiro atoms. The Balaban J connectivity index is 2.52. The van der Waals surface area contributed by atoms with Crippen molar-refractivity contribution in [2.75, 3.05) is 20.1 Å². The topological polar surface area (TPSA) is 49.5 Å². The van der Waals surface area contributed by atoms with Gasteiger partial charge in [0, 0.05) is 24.7 Å². The number of nitrogens with zero attached hydrogens (tertiary/aromatic N) is 1. The van der Waals surface area contributed by atoms with Crippen LogP contribution in [-0.2, 0) is 12.1 Å². The molecule has 0 unspecified atom stereocenters. The maximum absolute atomic E-state index is 10.5. The molecule has 1 heterocycles. The lowest BCUT2D eigenvalue weighted by atomic mass is 9.88. The molecular formula is C12H17ClN2O. The van der Waals surface area contributed by atoms with E-state index in [1.54, 1.807) is 0 Å². The van der Waals surface area contributed by atoms with Gasteiger partial charge < -0.3 is 15.7 Å². The van der Waals surface area contributed by atoms with Gasteiger partial charge >= 0.3 is 0 Å². The SMILES string of the molecule is CN1CC[C@@](O)(CN)c2cc(Cl)ccc2C1. The molecule has 88 valence electrons. The number of nitrogens with two attached hydrogens (primary N) is 1. The van der Waals surface area contributed by atoms with E-state index < -0.39 is 5.60 Å². The van der Waals surface area contributed by atoms with E-state index in [-0.39, 0.29) is 6.54 Å². The molecule has 3 N–H and O–H groups in total. The molecule has 1 aliphatic rings. The van der Waals surface area contributed by atoms with Crippen LogP contribution in [0, 0.1) is 0 Å². The van der Waals surface area contributed by atoms with Crippen molar-refractivity contribution in [2.24, 2.45) is 5.73 Å². The smallest absolute Gasteiger partial charge is 0.103 e. The van der Waals surface area contributed by atoms with Crippen molar-refractivity contribution in [3.05, 3.63) is 34.3 Å². The first-order valence-electron chi connectivity index (χ1n) is 5.45. The predicted octanol–water partition coefficient (Wildman–Crippen LogP) is 1.32. The van der Waals surface area contributed by atoms with E-state index in [4.69, 9.17) is 17.3 Å². The highest BCUT2D eigenvalue weighted by Gasteiger charge is 2.32. The molecule has 3 nitrogen and oxygen atoms in total. The fraction of sp³-hybridized carbons (Fsp3) is 0.500. The number of fused-ring (bicyclic) bond motifs is 1. The van der Waals surface area contributed by atoms with E-state index in [2.05, 4.69) is 4.90 Å². The third-order valence-electron chi connectivity index (χ3n) is 3.26. The van der Waals surface area contributed by atoms with Crippen molar-refractivity contribution in [1.82, 2.24) is 4.90 Å². The Kier molecular flexibility index (Phi) is 3.22. The molecule has 0 amide bonds. The van der Waals surface area contributed by atoms with E-state index in [0.29, 0.717) is 11.4 Å². The van der Waals surface area contributed by atoms with E-state index in [1.165, 1.54) is 0 Å². The monoisotopic (exact) mass is 240 g/mol. The highest BCUT2D eigenvalue weighted by Crippen LogP contribution is 2.32. The summed E-state index contributed by atoms with van der Waals surface area (Å²) in [6.45, 7) is 1.89. The summed E-state index contributed by atoms with van der Waals surface area (Å²) in [5, 5.41) is 11.2. The summed E-state index contributed by atoms with van der Waals surface area (Å²) in [6.07, 6.45) is 0.646. The second kappa shape index (κ2) is 4.34. The van der Waals surface area contributed by atoms with Gasteiger partial charge in [-0.05, 0) is 36.7 Å². The quantitative estimate of drug-likeness (QED) is 0.779. The molecule has 0 fully saturated rings. The van der Waals surface area contributed by atoms with Crippen LogP contribution in [0.5, 0.6) is 0 Å². The van der Waals surface area contributed by atoms with E-state index in [0.717, 1.165) is 24.2 Å². The zero-order chi connectivity index (χ0) is 11.8. The Morgan fingerprint density at radius 2 is 2.31 bits per heavy atom. The Bertz CT molecular complexity index is 397. The Morgan fingerprint density at radius 3 is 3.00 bits per heavy atom. The van der Waals surface area contributed by atoms with E-state index in [9.17, 15) is 5.11 Å². The van der Waals surface area contributed by atoms with Gasteiger partial charge in [0.25, 0.3) is 0 Å². The van der Waals surface area contributed by atoms with Gasteiger partial charge in [0.1, 0.15) is 5.60 Å². The summed E-state index contributed by atoms with van der Waals surface area (Å²) in [5.74, 6) is 0. The average molecular weight is 241 g/mol. The number of hydrogen-bond acceptors (Lipinski definition) is 3.